The fourth-order valence-corrected chi connectivity index (χ4v) is 2.32. The highest BCUT2D eigenvalue weighted by Gasteiger charge is 2.21. The Morgan fingerprint density at radius 3 is 3.06 bits per heavy atom. The molecule has 4 heteroatoms. The summed E-state index contributed by atoms with van der Waals surface area (Å²) in [5, 5.41) is 12.0. The van der Waals surface area contributed by atoms with Crippen LogP contribution in [0.25, 0.3) is 0 Å². The van der Waals surface area contributed by atoms with Gasteiger partial charge in [0.2, 0.25) is 0 Å². The normalized spacial score (nSPS) is 20.6. The minimum Gasteiger partial charge on any atom is -0.480 e. The molecule has 0 radical (unpaired) electrons. The van der Waals surface area contributed by atoms with E-state index in [4.69, 9.17) is 10.8 Å². The van der Waals surface area contributed by atoms with Crippen LogP contribution in [0.2, 0.25) is 0 Å². The molecule has 0 saturated carbocycles. The summed E-state index contributed by atoms with van der Waals surface area (Å²) < 4.78 is 0. The molecule has 92 valence electrons. The summed E-state index contributed by atoms with van der Waals surface area (Å²) in [7, 11) is 0. The van der Waals surface area contributed by atoms with Crippen LogP contribution >= 0.6 is 0 Å². The Balaban J connectivity index is 2.01. The van der Waals surface area contributed by atoms with Crippen molar-refractivity contribution >= 4 is 5.97 Å². The van der Waals surface area contributed by atoms with Crippen molar-refractivity contribution < 1.29 is 9.90 Å². The van der Waals surface area contributed by atoms with Gasteiger partial charge in [0.25, 0.3) is 0 Å². The molecule has 1 aromatic rings. The molecular formula is C13H18N2O2. The predicted molar refractivity (Wildman–Crippen MR) is 65.7 cm³/mol. The minimum absolute atomic E-state index is 0.241. The first-order valence-electron chi connectivity index (χ1n) is 5.98. The maximum absolute atomic E-state index is 10.7. The SMILES string of the molecule is NC(CNC1CCCc2ccccc21)C(=O)O. The van der Waals surface area contributed by atoms with Crippen LogP contribution < -0.4 is 11.1 Å². The number of rotatable bonds is 4. The van der Waals surface area contributed by atoms with Crippen LogP contribution in [-0.4, -0.2) is 23.7 Å². The van der Waals surface area contributed by atoms with Gasteiger partial charge in [-0.25, -0.2) is 0 Å². The van der Waals surface area contributed by atoms with Crippen molar-refractivity contribution in [3.8, 4) is 0 Å². The van der Waals surface area contributed by atoms with Crippen LogP contribution in [0, 0.1) is 0 Å². The third-order valence-corrected chi connectivity index (χ3v) is 3.27. The van der Waals surface area contributed by atoms with Gasteiger partial charge in [0.05, 0.1) is 0 Å². The summed E-state index contributed by atoms with van der Waals surface area (Å²) in [6.45, 7) is 0.314. The zero-order valence-corrected chi connectivity index (χ0v) is 9.73. The third-order valence-electron chi connectivity index (χ3n) is 3.27. The monoisotopic (exact) mass is 234 g/mol. The van der Waals surface area contributed by atoms with E-state index in [-0.39, 0.29) is 6.04 Å². The topological polar surface area (TPSA) is 75.3 Å². The smallest absolute Gasteiger partial charge is 0.321 e. The minimum atomic E-state index is -0.957. The molecule has 1 aliphatic carbocycles. The number of nitrogens with one attached hydrogen (secondary N) is 1. The van der Waals surface area contributed by atoms with E-state index in [1.54, 1.807) is 0 Å². The van der Waals surface area contributed by atoms with E-state index >= 15 is 0 Å². The van der Waals surface area contributed by atoms with E-state index in [0.29, 0.717) is 6.54 Å². The first kappa shape index (κ1) is 12.1. The number of aryl methyl sites for hydroxylation is 1. The van der Waals surface area contributed by atoms with Crippen LogP contribution in [0.3, 0.4) is 0 Å². The Kier molecular flexibility index (Phi) is 3.76. The Morgan fingerprint density at radius 1 is 1.53 bits per heavy atom. The molecule has 2 rings (SSSR count). The van der Waals surface area contributed by atoms with E-state index in [1.165, 1.54) is 11.1 Å². The van der Waals surface area contributed by atoms with Gasteiger partial charge in [-0.3, -0.25) is 4.79 Å². The van der Waals surface area contributed by atoms with Crippen molar-refractivity contribution in [2.75, 3.05) is 6.54 Å². The van der Waals surface area contributed by atoms with Gasteiger partial charge in [-0.2, -0.15) is 0 Å². The van der Waals surface area contributed by atoms with Gasteiger partial charge in [0.15, 0.2) is 0 Å². The molecule has 1 aliphatic rings. The van der Waals surface area contributed by atoms with Crippen LogP contribution in [0.1, 0.15) is 30.0 Å². The lowest BCUT2D eigenvalue weighted by Crippen LogP contribution is -2.42. The van der Waals surface area contributed by atoms with E-state index in [9.17, 15) is 4.79 Å². The number of carbonyl (C=O) groups is 1. The number of carboxylic acids is 1. The highest BCUT2D eigenvalue weighted by atomic mass is 16.4. The van der Waals surface area contributed by atoms with Gasteiger partial charge in [0.1, 0.15) is 6.04 Å². The molecule has 0 amide bonds. The number of aliphatic carboxylic acids is 1. The van der Waals surface area contributed by atoms with Crippen molar-refractivity contribution in [3.05, 3.63) is 35.4 Å². The second-order valence-corrected chi connectivity index (χ2v) is 4.50. The van der Waals surface area contributed by atoms with E-state index in [0.717, 1.165) is 19.3 Å². The Bertz CT molecular complexity index is 406. The Morgan fingerprint density at radius 2 is 2.29 bits per heavy atom. The van der Waals surface area contributed by atoms with Gasteiger partial charge in [-0.15, -0.1) is 0 Å². The van der Waals surface area contributed by atoms with Gasteiger partial charge < -0.3 is 16.2 Å². The second kappa shape index (κ2) is 5.29. The molecule has 0 fully saturated rings. The summed E-state index contributed by atoms with van der Waals surface area (Å²) >= 11 is 0. The number of hydrogen-bond acceptors (Lipinski definition) is 3. The number of nitrogens with two attached hydrogens (primary N) is 1. The van der Waals surface area contributed by atoms with Crippen LogP contribution in [0.4, 0.5) is 0 Å². The molecule has 0 heterocycles. The molecule has 2 atom stereocenters. The van der Waals surface area contributed by atoms with Crippen molar-refractivity contribution in [2.24, 2.45) is 5.73 Å². The number of hydrogen-bond donors (Lipinski definition) is 3. The molecule has 0 aromatic heterocycles. The predicted octanol–water partition coefficient (Wildman–Crippen LogP) is 1.07. The lowest BCUT2D eigenvalue weighted by molar-refractivity contribution is -0.138. The lowest BCUT2D eigenvalue weighted by atomic mass is 9.87. The fraction of sp³-hybridized carbons (Fsp3) is 0.462. The molecule has 4 N–H and O–H groups in total. The van der Waals surface area contributed by atoms with Crippen molar-refractivity contribution in [1.82, 2.24) is 5.32 Å². The highest BCUT2D eigenvalue weighted by Crippen LogP contribution is 2.29. The van der Waals surface area contributed by atoms with Crippen LogP contribution in [0.5, 0.6) is 0 Å². The quantitative estimate of drug-likeness (QED) is 0.728. The lowest BCUT2D eigenvalue weighted by Gasteiger charge is -2.27. The maximum Gasteiger partial charge on any atom is 0.321 e. The Hall–Kier alpha value is -1.39. The summed E-state index contributed by atoms with van der Waals surface area (Å²) in [6.07, 6.45) is 3.29. The van der Waals surface area contributed by atoms with E-state index in [1.807, 2.05) is 12.1 Å². The summed E-state index contributed by atoms with van der Waals surface area (Å²) in [5.74, 6) is -0.957. The van der Waals surface area contributed by atoms with Crippen LogP contribution in [0.15, 0.2) is 24.3 Å². The van der Waals surface area contributed by atoms with Gasteiger partial charge in [-0.1, -0.05) is 24.3 Å². The van der Waals surface area contributed by atoms with E-state index in [2.05, 4.69) is 17.4 Å². The number of fused-ring (bicyclic) bond motifs is 1. The number of carboxylic acid groups (broad SMARTS) is 1. The standard InChI is InChI=1S/C13H18N2O2/c14-11(13(16)17)8-15-12-7-3-5-9-4-1-2-6-10(9)12/h1-2,4,6,11-12,15H,3,5,7-8,14H2,(H,16,17). The fourth-order valence-electron chi connectivity index (χ4n) is 2.32. The first-order valence-corrected chi connectivity index (χ1v) is 5.98. The summed E-state index contributed by atoms with van der Waals surface area (Å²) in [6, 6.07) is 7.73. The van der Waals surface area contributed by atoms with Gasteiger partial charge in [-0.05, 0) is 30.4 Å². The van der Waals surface area contributed by atoms with Crippen molar-refractivity contribution in [3.63, 3.8) is 0 Å². The van der Waals surface area contributed by atoms with Gasteiger partial charge >= 0.3 is 5.97 Å². The number of benzene rings is 1. The molecule has 0 aliphatic heterocycles. The highest BCUT2D eigenvalue weighted by molar-refractivity contribution is 5.73. The zero-order valence-electron chi connectivity index (χ0n) is 9.73. The molecule has 17 heavy (non-hydrogen) atoms. The van der Waals surface area contributed by atoms with E-state index < -0.39 is 12.0 Å². The molecular weight excluding hydrogens is 216 g/mol. The molecule has 0 bridgehead atoms. The van der Waals surface area contributed by atoms with Crippen molar-refractivity contribution in [1.29, 1.82) is 0 Å². The average molecular weight is 234 g/mol. The van der Waals surface area contributed by atoms with Gasteiger partial charge in [0, 0.05) is 12.6 Å². The first-order chi connectivity index (χ1) is 8.18. The third kappa shape index (κ3) is 2.84. The summed E-state index contributed by atoms with van der Waals surface area (Å²) in [5.41, 5.74) is 8.14. The molecule has 0 saturated heterocycles. The maximum atomic E-state index is 10.7. The molecule has 2 unspecified atom stereocenters. The van der Waals surface area contributed by atoms with Crippen molar-refractivity contribution in [2.45, 2.75) is 31.3 Å². The van der Waals surface area contributed by atoms with Crippen LogP contribution in [-0.2, 0) is 11.2 Å². The Labute approximate surface area is 101 Å². The zero-order chi connectivity index (χ0) is 12.3. The largest absolute Gasteiger partial charge is 0.480 e. The average Bonchev–Trinajstić information content (AvgIpc) is 2.35. The molecule has 1 aromatic carbocycles. The molecule has 4 nitrogen and oxygen atoms in total. The molecule has 0 spiro atoms. The summed E-state index contributed by atoms with van der Waals surface area (Å²) in [4.78, 5) is 10.7. The second-order valence-electron chi connectivity index (χ2n) is 4.50.